The van der Waals surface area contributed by atoms with E-state index in [1.807, 2.05) is 17.7 Å². The Morgan fingerprint density at radius 1 is 0.679 bits per heavy atom. The Kier molecular flexibility index (Phi) is 16.6. The Morgan fingerprint density at radius 3 is 1.75 bits per heavy atom. The maximum atomic E-state index is 13.9. The van der Waals surface area contributed by atoms with Crippen molar-refractivity contribution in [3.05, 3.63) is 141 Å². The first-order valence-electron chi connectivity index (χ1n) is 17.1. The molecule has 284 valence electrons. The molecule has 0 N–H and O–H groups in total. The molecule has 0 spiro atoms. The zero-order chi connectivity index (χ0) is 38.6. The van der Waals surface area contributed by atoms with E-state index in [0.29, 0.717) is 24.6 Å². The summed E-state index contributed by atoms with van der Waals surface area (Å²) in [6.45, 7) is 9.95. The van der Waals surface area contributed by atoms with Crippen molar-refractivity contribution in [1.82, 2.24) is 0 Å². The van der Waals surface area contributed by atoms with E-state index in [4.69, 9.17) is 13.6 Å². The van der Waals surface area contributed by atoms with Gasteiger partial charge in [-0.25, -0.2) is 13.2 Å². The summed E-state index contributed by atoms with van der Waals surface area (Å²) in [6, 6.07) is 23.8. The summed E-state index contributed by atoms with van der Waals surface area (Å²) < 4.78 is 84.4. The van der Waals surface area contributed by atoms with Crippen LogP contribution >= 0.6 is 53.6 Å². The number of benzene rings is 4. The number of thiophene rings is 2. The van der Waals surface area contributed by atoms with Gasteiger partial charge in [-0.2, -0.15) is 0 Å². The highest BCUT2D eigenvalue weighted by Gasteiger charge is 2.38. The van der Waals surface area contributed by atoms with Crippen LogP contribution in [0.15, 0.2) is 95.7 Å². The molecule has 0 saturated carbocycles. The van der Waals surface area contributed by atoms with Crippen LogP contribution in [0.3, 0.4) is 0 Å². The molecule has 0 radical (unpaired) electrons. The number of halogens is 4. The van der Waals surface area contributed by atoms with E-state index in [1.54, 1.807) is 44.8 Å². The van der Waals surface area contributed by atoms with Gasteiger partial charge in [-0.05, 0) is 126 Å². The fraction of sp³-hybridized carbons (Fsp3) is 0.300. The van der Waals surface area contributed by atoms with Gasteiger partial charge >= 0.3 is 7.60 Å². The minimum absolute atomic E-state index is 0.230. The number of fused-ring (bicyclic) bond motifs is 2. The highest BCUT2D eigenvalue weighted by atomic mass is 79.9. The standard InChI is InChI=1S/C20H21F2O3PS.C12H14FO2PS.C8H9Br/c1-3-24-26(23,25-4-2)19(11-14-5-7-15(21)8-6-14)18-13-27-20-10-9-16(22)12-17(18)20;1-3-15-16(2,14)7-9-8-17-12-5-4-10(13)6-11(9)12;1-7-2-4-8(6-9)5-3-7/h5-10,12-13,19H,3-4,11H2,1-2H3;4-6,8H,3,7H2,1-2H3;2-5H,6H2,1H3. The Hall–Kier alpha value is -2.59. The summed E-state index contributed by atoms with van der Waals surface area (Å²) in [7, 11) is -6.14. The zero-order valence-electron chi connectivity index (χ0n) is 30.3. The minimum atomic E-state index is -3.52. The Labute approximate surface area is 326 Å². The van der Waals surface area contributed by atoms with Gasteiger partial charge in [0, 0.05) is 21.4 Å². The van der Waals surface area contributed by atoms with E-state index in [9.17, 15) is 22.3 Å². The molecule has 53 heavy (non-hydrogen) atoms. The van der Waals surface area contributed by atoms with E-state index >= 15 is 0 Å². The van der Waals surface area contributed by atoms with Crippen molar-refractivity contribution < 1.29 is 35.9 Å². The van der Waals surface area contributed by atoms with Crippen molar-refractivity contribution in [2.24, 2.45) is 0 Å². The molecule has 0 fully saturated rings. The summed E-state index contributed by atoms with van der Waals surface area (Å²) in [5.41, 5.74) is 4.48. The van der Waals surface area contributed by atoms with Crippen LogP contribution in [-0.2, 0) is 40.6 Å². The lowest BCUT2D eigenvalue weighted by Gasteiger charge is -2.26. The molecule has 2 atom stereocenters. The molecule has 0 aliphatic rings. The van der Waals surface area contributed by atoms with E-state index < -0.39 is 20.6 Å². The lowest BCUT2D eigenvalue weighted by Crippen LogP contribution is -2.09. The summed E-state index contributed by atoms with van der Waals surface area (Å²) in [6.07, 6.45) is 0.699. The largest absolute Gasteiger partial charge is 0.338 e. The number of rotatable bonds is 13. The second-order valence-electron chi connectivity index (χ2n) is 12.2. The van der Waals surface area contributed by atoms with Crippen LogP contribution in [0.2, 0.25) is 0 Å². The summed E-state index contributed by atoms with van der Waals surface area (Å²) in [4.78, 5) is 0. The van der Waals surface area contributed by atoms with E-state index in [0.717, 1.165) is 36.8 Å². The Morgan fingerprint density at radius 2 is 1.19 bits per heavy atom. The maximum absolute atomic E-state index is 13.9. The fourth-order valence-corrected chi connectivity index (χ4v) is 11.8. The van der Waals surface area contributed by atoms with Crippen LogP contribution in [0, 0.1) is 24.4 Å². The molecule has 4 aromatic carbocycles. The first-order chi connectivity index (χ1) is 25.3. The zero-order valence-corrected chi connectivity index (χ0v) is 35.3. The molecule has 13 heteroatoms. The molecule has 0 aliphatic carbocycles. The number of alkyl halides is 1. The Balaban J connectivity index is 0.000000204. The van der Waals surface area contributed by atoms with E-state index in [2.05, 4.69) is 47.1 Å². The van der Waals surface area contributed by atoms with Crippen LogP contribution in [0.5, 0.6) is 0 Å². The van der Waals surface area contributed by atoms with Crippen molar-refractivity contribution in [1.29, 1.82) is 0 Å². The molecule has 2 heterocycles. The molecular weight excluding hydrogens is 823 g/mol. The van der Waals surface area contributed by atoms with Gasteiger partial charge in [0.1, 0.15) is 17.5 Å². The molecular formula is C40H44BrF3O5P2S2. The number of hydrogen-bond donors (Lipinski definition) is 0. The van der Waals surface area contributed by atoms with Gasteiger partial charge in [0.05, 0.1) is 31.6 Å². The summed E-state index contributed by atoms with van der Waals surface area (Å²) in [5.74, 6) is -0.957. The lowest BCUT2D eigenvalue weighted by molar-refractivity contribution is 0.212. The second kappa shape index (κ2) is 20.4. The number of hydrogen-bond acceptors (Lipinski definition) is 7. The smallest absolute Gasteiger partial charge is 0.329 e. The Bertz CT molecular complexity index is 2150. The van der Waals surface area contributed by atoms with Crippen LogP contribution < -0.4 is 0 Å². The summed E-state index contributed by atoms with van der Waals surface area (Å²) in [5, 5.41) is 6.30. The van der Waals surface area contributed by atoms with E-state index in [1.165, 1.54) is 70.2 Å². The quantitative estimate of drug-likeness (QED) is 0.0855. The second-order valence-corrected chi connectivity index (χ2v) is 19.4. The molecule has 0 bridgehead atoms. The first-order valence-corrected chi connectivity index (χ1v) is 23.8. The van der Waals surface area contributed by atoms with Gasteiger partial charge in [0.15, 0.2) is 0 Å². The monoisotopic (exact) mass is 866 g/mol. The van der Waals surface area contributed by atoms with Crippen molar-refractivity contribution in [2.45, 2.75) is 51.3 Å². The van der Waals surface area contributed by atoms with Crippen molar-refractivity contribution in [3.63, 3.8) is 0 Å². The van der Waals surface area contributed by atoms with Gasteiger partial charge in [0.25, 0.3) is 0 Å². The third-order valence-electron chi connectivity index (χ3n) is 8.02. The van der Waals surface area contributed by atoms with Crippen molar-refractivity contribution >= 4 is 73.7 Å². The SMILES string of the molecule is CCOP(=O)(OCC)C(Cc1ccc(F)cc1)c1csc2ccc(F)cc12.CCOP(C)(=O)Cc1csc2ccc(F)cc12.Cc1ccc(CBr)cc1. The van der Waals surface area contributed by atoms with Gasteiger partial charge < -0.3 is 13.6 Å². The number of aryl methyl sites for hydroxylation is 1. The fourth-order valence-electron chi connectivity index (χ4n) is 5.57. The third kappa shape index (κ3) is 12.5. The molecule has 0 amide bonds. The van der Waals surface area contributed by atoms with Gasteiger partial charge in [-0.15, -0.1) is 22.7 Å². The topological polar surface area (TPSA) is 61.8 Å². The highest BCUT2D eigenvalue weighted by Crippen LogP contribution is 2.63. The van der Waals surface area contributed by atoms with Crippen molar-refractivity contribution in [2.75, 3.05) is 26.5 Å². The van der Waals surface area contributed by atoms with E-state index in [-0.39, 0.29) is 30.7 Å². The minimum Gasteiger partial charge on any atom is -0.329 e. The molecule has 6 rings (SSSR count). The molecule has 6 aromatic rings. The highest BCUT2D eigenvalue weighted by molar-refractivity contribution is 9.08. The molecule has 5 nitrogen and oxygen atoms in total. The average molecular weight is 868 g/mol. The van der Waals surface area contributed by atoms with Gasteiger partial charge in [-0.1, -0.05) is 57.9 Å². The van der Waals surface area contributed by atoms with Crippen LogP contribution in [0.25, 0.3) is 20.2 Å². The van der Waals surface area contributed by atoms with Gasteiger partial charge in [-0.3, -0.25) is 9.13 Å². The summed E-state index contributed by atoms with van der Waals surface area (Å²) >= 11 is 6.38. The normalized spacial score (nSPS) is 13.2. The van der Waals surface area contributed by atoms with Crippen molar-refractivity contribution in [3.8, 4) is 0 Å². The maximum Gasteiger partial charge on any atom is 0.338 e. The molecule has 2 unspecified atom stereocenters. The molecule has 0 aliphatic heterocycles. The van der Waals surface area contributed by atoms with Gasteiger partial charge in [0.2, 0.25) is 7.37 Å². The average Bonchev–Trinajstić information content (AvgIpc) is 3.72. The lowest BCUT2D eigenvalue weighted by atomic mass is 10.0. The predicted octanol–water partition coefficient (Wildman–Crippen LogP) is 14.1. The first kappa shape index (κ1) is 43.1. The predicted molar refractivity (Wildman–Crippen MR) is 220 cm³/mol. The molecule has 2 aromatic heterocycles. The van der Waals surface area contributed by atoms with Crippen LogP contribution in [-0.4, -0.2) is 26.5 Å². The van der Waals surface area contributed by atoms with Crippen LogP contribution in [0.4, 0.5) is 13.2 Å². The molecule has 0 saturated heterocycles. The van der Waals surface area contributed by atoms with Crippen LogP contribution in [0.1, 0.15) is 54.2 Å². The third-order valence-corrected chi connectivity index (χ3v) is 14.8.